The molecule has 0 saturated carbocycles. The van der Waals surface area contributed by atoms with Gasteiger partial charge in [-0.2, -0.15) is 0 Å². The molecule has 0 aromatic carbocycles. The molecule has 0 saturated heterocycles. The fourth-order valence-electron chi connectivity index (χ4n) is 2.49. The minimum atomic E-state index is -0.213. The molecule has 27 heavy (non-hydrogen) atoms. The highest BCUT2D eigenvalue weighted by Crippen LogP contribution is 2.33. The SMILES string of the molecule is COCCNCCNC(=O)Cn1cnc2scc(-c3cccs3)c2c1=O.Cl. The number of methoxy groups -OCH3 is 1. The van der Waals surface area contributed by atoms with Gasteiger partial charge in [0.25, 0.3) is 5.56 Å². The second-order valence-electron chi connectivity index (χ2n) is 5.58. The highest BCUT2D eigenvalue weighted by Gasteiger charge is 2.15. The Morgan fingerprint density at radius 1 is 1.30 bits per heavy atom. The van der Waals surface area contributed by atoms with E-state index in [0.29, 0.717) is 29.9 Å². The molecule has 2 N–H and O–H groups in total. The van der Waals surface area contributed by atoms with Gasteiger partial charge in [-0.1, -0.05) is 6.07 Å². The van der Waals surface area contributed by atoms with Gasteiger partial charge in [0.2, 0.25) is 5.91 Å². The first-order valence-corrected chi connectivity index (χ1v) is 9.93. The van der Waals surface area contributed by atoms with Crippen LogP contribution in [0.5, 0.6) is 0 Å². The first-order chi connectivity index (χ1) is 12.7. The van der Waals surface area contributed by atoms with Crippen molar-refractivity contribution in [2.24, 2.45) is 0 Å². The van der Waals surface area contributed by atoms with Crippen LogP contribution in [0.1, 0.15) is 0 Å². The van der Waals surface area contributed by atoms with Crippen LogP contribution in [-0.2, 0) is 16.1 Å². The van der Waals surface area contributed by atoms with Crippen LogP contribution in [-0.4, -0.2) is 48.8 Å². The van der Waals surface area contributed by atoms with Crippen molar-refractivity contribution >= 4 is 51.2 Å². The lowest BCUT2D eigenvalue weighted by molar-refractivity contribution is -0.121. The standard InChI is InChI=1S/C17H20N4O3S2.ClH/c1-24-7-6-18-4-5-19-14(22)9-21-11-20-16-15(17(21)23)12(10-26-16)13-3-2-8-25-13;/h2-3,8,10-11,18H,4-7,9H2,1H3,(H,19,22);1H. The normalized spacial score (nSPS) is 10.7. The number of nitrogens with zero attached hydrogens (tertiary/aromatic N) is 2. The number of amides is 1. The van der Waals surface area contributed by atoms with Gasteiger partial charge in [0.15, 0.2) is 0 Å². The largest absolute Gasteiger partial charge is 0.383 e. The zero-order chi connectivity index (χ0) is 18.4. The highest BCUT2D eigenvalue weighted by atomic mass is 35.5. The van der Waals surface area contributed by atoms with Crippen LogP contribution in [0, 0.1) is 0 Å². The Hall–Kier alpha value is -1.78. The number of hydrogen-bond donors (Lipinski definition) is 2. The van der Waals surface area contributed by atoms with E-state index in [0.717, 1.165) is 17.0 Å². The number of fused-ring (bicyclic) bond motifs is 1. The van der Waals surface area contributed by atoms with E-state index in [1.807, 2.05) is 22.9 Å². The second kappa shape index (κ2) is 10.5. The molecule has 0 spiro atoms. The van der Waals surface area contributed by atoms with Crippen molar-refractivity contribution < 1.29 is 9.53 Å². The molecule has 0 unspecified atom stereocenters. The zero-order valence-electron chi connectivity index (χ0n) is 14.8. The van der Waals surface area contributed by atoms with Gasteiger partial charge in [-0.25, -0.2) is 4.98 Å². The van der Waals surface area contributed by atoms with E-state index in [1.54, 1.807) is 18.4 Å². The first-order valence-electron chi connectivity index (χ1n) is 8.17. The monoisotopic (exact) mass is 428 g/mol. The Morgan fingerprint density at radius 3 is 2.89 bits per heavy atom. The van der Waals surface area contributed by atoms with E-state index >= 15 is 0 Å². The predicted molar refractivity (Wildman–Crippen MR) is 112 cm³/mol. The quantitative estimate of drug-likeness (QED) is 0.509. The summed E-state index contributed by atoms with van der Waals surface area (Å²) in [5, 5.41) is 10.4. The van der Waals surface area contributed by atoms with Crippen molar-refractivity contribution in [3.05, 3.63) is 39.6 Å². The zero-order valence-corrected chi connectivity index (χ0v) is 17.2. The Morgan fingerprint density at radius 2 is 2.15 bits per heavy atom. The topological polar surface area (TPSA) is 85.2 Å². The molecule has 10 heteroatoms. The number of hydrogen-bond acceptors (Lipinski definition) is 7. The van der Waals surface area contributed by atoms with Crippen molar-refractivity contribution in [3.8, 4) is 10.4 Å². The summed E-state index contributed by atoms with van der Waals surface area (Å²) in [6.45, 7) is 2.46. The molecule has 1 amide bonds. The molecule has 0 bridgehead atoms. The molecular formula is C17H21ClN4O3S2. The van der Waals surface area contributed by atoms with Crippen molar-refractivity contribution in [2.45, 2.75) is 6.54 Å². The van der Waals surface area contributed by atoms with Gasteiger partial charge >= 0.3 is 0 Å². The lowest BCUT2D eigenvalue weighted by atomic mass is 10.2. The molecule has 0 aliphatic carbocycles. The molecule has 0 fully saturated rings. The molecule has 3 rings (SSSR count). The van der Waals surface area contributed by atoms with Gasteiger partial charge < -0.3 is 15.4 Å². The van der Waals surface area contributed by atoms with Gasteiger partial charge in [-0.15, -0.1) is 35.1 Å². The van der Waals surface area contributed by atoms with Crippen LogP contribution >= 0.6 is 35.1 Å². The number of ether oxygens (including phenoxy) is 1. The van der Waals surface area contributed by atoms with Crippen LogP contribution in [0.3, 0.4) is 0 Å². The molecule has 3 aromatic rings. The summed E-state index contributed by atoms with van der Waals surface area (Å²) in [6, 6.07) is 3.93. The van der Waals surface area contributed by atoms with Crippen LogP contribution in [0.2, 0.25) is 0 Å². The van der Waals surface area contributed by atoms with Crippen LogP contribution < -0.4 is 16.2 Å². The van der Waals surface area contributed by atoms with Gasteiger partial charge in [-0.3, -0.25) is 14.2 Å². The number of halogens is 1. The molecule has 3 aromatic heterocycles. The number of thiophene rings is 2. The van der Waals surface area contributed by atoms with E-state index in [4.69, 9.17) is 4.74 Å². The van der Waals surface area contributed by atoms with Crippen molar-refractivity contribution in [1.82, 2.24) is 20.2 Å². The van der Waals surface area contributed by atoms with Crippen LogP contribution in [0.15, 0.2) is 34.0 Å². The number of nitrogens with one attached hydrogen (secondary N) is 2. The number of aromatic nitrogens is 2. The summed E-state index contributed by atoms with van der Waals surface area (Å²) in [7, 11) is 1.64. The van der Waals surface area contributed by atoms with E-state index in [1.165, 1.54) is 22.2 Å². The van der Waals surface area contributed by atoms with Crippen LogP contribution in [0.4, 0.5) is 0 Å². The molecule has 7 nitrogen and oxygen atoms in total. The third-order valence-corrected chi connectivity index (χ3v) is 5.56. The minimum Gasteiger partial charge on any atom is -0.383 e. The third-order valence-electron chi connectivity index (χ3n) is 3.77. The van der Waals surface area contributed by atoms with E-state index in [9.17, 15) is 9.59 Å². The third kappa shape index (κ3) is 5.36. The van der Waals surface area contributed by atoms with E-state index in [2.05, 4.69) is 15.6 Å². The maximum atomic E-state index is 12.8. The summed E-state index contributed by atoms with van der Waals surface area (Å²) in [5.41, 5.74) is 0.697. The van der Waals surface area contributed by atoms with Crippen LogP contribution in [0.25, 0.3) is 20.7 Å². The Balaban J connectivity index is 0.00000261. The van der Waals surface area contributed by atoms with Gasteiger partial charge in [0.1, 0.15) is 11.4 Å². The summed E-state index contributed by atoms with van der Waals surface area (Å²) in [6.07, 6.45) is 1.44. The van der Waals surface area contributed by atoms with Crippen molar-refractivity contribution in [2.75, 3.05) is 33.4 Å². The molecule has 0 radical (unpaired) electrons. The highest BCUT2D eigenvalue weighted by molar-refractivity contribution is 7.18. The van der Waals surface area contributed by atoms with Gasteiger partial charge in [0.05, 0.1) is 18.3 Å². The summed E-state index contributed by atoms with van der Waals surface area (Å²) < 4.78 is 6.29. The van der Waals surface area contributed by atoms with Crippen molar-refractivity contribution in [3.63, 3.8) is 0 Å². The number of rotatable bonds is 9. The molecular weight excluding hydrogens is 408 g/mol. The molecule has 0 aliphatic rings. The minimum absolute atomic E-state index is 0. The van der Waals surface area contributed by atoms with Crippen molar-refractivity contribution in [1.29, 1.82) is 0 Å². The number of carbonyl (C=O) groups excluding carboxylic acids is 1. The summed E-state index contributed by atoms with van der Waals surface area (Å²) in [4.78, 5) is 31.0. The number of carbonyl (C=O) groups is 1. The Kier molecular flexibility index (Phi) is 8.39. The average Bonchev–Trinajstić information content (AvgIpc) is 3.29. The van der Waals surface area contributed by atoms with Gasteiger partial charge in [0, 0.05) is 42.6 Å². The second-order valence-corrected chi connectivity index (χ2v) is 7.38. The fraction of sp³-hybridized carbons (Fsp3) is 0.353. The lowest BCUT2D eigenvalue weighted by Gasteiger charge is -2.08. The molecule has 3 heterocycles. The fourth-order valence-corrected chi connectivity index (χ4v) is 4.21. The van der Waals surface area contributed by atoms with E-state index < -0.39 is 0 Å². The van der Waals surface area contributed by atoms with E-state index in [-0.39, 0.29) is 30.4 Å². The molecule has 0 aliphatic heterocycles. The molecule has 146 valence electrons. The lowest BCUT2D eigenvalue weighted by Crippen LogP contribution is -2.36. The maximum absolute atomic E-state index is 12.8. The van der Waals surface area contributed by atoms with Gasteiger partial charge in [-0.05, 0) is 11.4 Å². The maximum Gasteiger partial charge on any atom is 0.263 e. The predicted octanol–water partition coefficient (Wildman–Crippen LogP) is 1.96. The first kappa shape index (κ1) is 21.5. The smallest absolute Gasteiger partial charge is 0.263 e. The Labute approximate surface area is 170 Å². The summed E-state index contributed by atoms with van der Waals surface area (Å²) >= 11 is 3.02. The average molecular weight is 429 g/mol. The summed E-state index contributed by atoms with van der Waals surface area (Å²) in [5.74, 6) is -0.213. The molecule has 0 atom stereocenters. The Bertz CT molecular complexity index is 924.